The number of alkyl halides is 1. The van der Waals surface area contributed by atoms with E-state index in [-0.39, 0.29) is 17.6 Å². The lowest BCUT2D eigenvalue weighted by Crippen LogP contribution is -2.11. The highest BCUT2D eigenvalue weighted by Crippen LogP contribution is 2.15. The van der Waals surface area contributed by atoms with E-state index in [0.29, 0.717) is 17.7 Å². The highest BCUT2D eigenvalue weighted by atomic mass is 35.5. The molecule has 0 heterocycles. The second kappa shape index (κ2) is 18.4. The van der Waals surface area contributed by atoms with Crippen LogP contribution in [0.4, 0.5) is 5.69 Å². The SMILES string of the molecule is CCCCCCCCCCCCCCCCCC(=O)Nc1cccc(C(=O)CCl)c1. The maximum atomic E-state index is 12.1. The summed E-state index contributed by atoms with van der Waals surface area (Å²) >= 11 is 5.59. The lowest BCUT2D eigenvalue weighted by atomic mass is 10.0. The summed E-state index contributed by atoms with van der Waals surface area (Å²) in [6.07, 6.45) is 20.3. The number of unbranched alkanes of at least 4 members (excludes halogenated alkanes) is 14. The van der Waals surface area contributed by atoms with Crippen molar-refractivity contribution in [1.29, 1.82) is 0 Å². The Kier molecular flexibility index (Phi) is 16.4. The zero-order valence-corrected chi connectivity index (χ0v) is 19.8. The van der Waals surface area contributed by atoms with E-state index in [1.54, 1.807) is 24.3 Å². The second-order valence-electron chi connectivity index (χ2n) is 8.39. The fourth-order valence-electron chi connectivity index (χ4n) is 3.73. The van der Waals surface area contributed by atoms with Crippen molar-refractivity contribution in [3.8, 4) is 0 Å². The fraction of sp³-hybridized carbons (Fsp3) is 0.692. The van der Waals surface area contributed by atoms with Gasteiger partial charge in [0.25, 0.3) is 0 Å². The van der Waals surface area contributed by atoms with E-state index in [1.165, 1.54) is 83.5 Å². The molecular formula is C26H42ClNO2. The number of benzene rings is 1. The molecule has 30 heavy (non-hydrogen) atoms. The van der Waals surface area contributed by atoms with E-state index in [4.69, 9.17) is 11.6 Å². The van der Waals surface area contributed by atoms with E-state index < -0.39 is 0 Å². The monoisotopic (exact) mass is 435 g/mol. The van der Waals surface area contributed by atoms with Crippen LogP contribution in [-0.4, -0.2) is 17.6 Å². The first-order valence-electron chi connectivity index (χ1n) is 12.2. The molecule has 0 atom stereocenters. The predicted molar refractivity (Wildman–Crippen MR) is 130 cm³/mol. The molecule has 0 aliphatic rings. The third-order valence-corrected chi connectivity index (χ3v) is 5.84. The summed E-state index contributed by atoms with van der Waals surface area (Å²) in [5, 5.41) is 2.88. The summed E-state index contributed by atoms with van der Waals surface area (Å²) in [5.74, 6) is -0.161. The van der Waals surface area contributed by atoms with Crippen LogP contribution in [0.3, 0.4) is 0 Å². The highest BCUT2D eigenvalue weighted by molar-refractivity contribution is 6.30. The molecule has 0 bridgehead atoms. The Balaban J connectivity index is 1.93. The lowest BCUT2D eigenvalue weighted by Gasteiger charge is -2.07. The van der Waals surface area contributed by atoms with Crippen molar-refractivity contribution in [1.82, 2.24) is 0 Å². The average molecular weight is 436 g/mol. The van der Waals surface area contributed by atoms with Gasteiger partial charge in [-0.1, -0.05) is 109 Å². The number of anilines is 1. The molecule has 0 aliphatic heterocycles. The minimum atomic E-state index is -0.129. The Morgan fingerprint density at radius 2 is 1.27 bits per heavy atom. The van der Waals surface area contributed by atoms with E-state index in [0.717, 1.165) is 12.8 Å². The topological polar surface area (TPSA) is 46.2 Å². The zero-order chi connectivity index (χ0) is 21.9. The number of nitrogens with one attached hydrogen (secondary N) is 1. The molecule has 0 aliphatic carbocycles. The Hall–Kier alpha value is -1.35. The van der Waals surface area contributed by atoms with Gasteiger partial charge in [-0.15, -0.1) is 11.6 Å². The minimum Gasteiger partial charge on any atom is -0.326 e. The van der Waals surface area contributed by atoms with Gasteiger partial charge in [0.2, 0.25) is 5.91 Å². The van der Waals surface area contributed by atoms with Gasteiger partial charge in [0.1, 0.15) is 0 Å². The standard InChI is InChI=1S/C26H42ClNO2/c1-2-3-4-5-6-7-8-9-10-11-12-13-14-15-16-20-26(30)28-24-19-17-18-23(21-24)25(29)22-27/h17-19,21H,2-16,20,22H2,1H3,(H,28,30). The fourth-order valence-corrected chi connectivity index (χ4v) is 3.88. The predicted octanol–water partition coefficient (Wildman–Crippen LogP) is 8.31. The third kappa shape index (κ3) is 13.8. The quantitative estimate of drug-likeness (QED) is 0.135. The maximum Gasteiger partial charge on any atom is 0.224 e. The van der Waals surface area contributed by atoms with Gasteiger partial charge in [0, 0.05) is 17.7 Å². The van der Waals surface area contributed by atoms with E-state index in [1.807, 2.05) is 0 Å². The van der Waals surface area contributed by atoms with Crippen LogP contribution in [0.1, 0.15) is 120 Å². The van der Waals surface area contributed by atoms with Crippen molar-refractivity contribution in [2.24, 2.45) is 0 Å². The smallest absolute Gasteiger partial charge is 0.224 e. The van der Waals surface area contributed by atoms with Crippen molar-refractivity contribution >= 4 is 29.0 Å². The van der Waals surface area contributed by atoms with Crippen LogP contribution in [0.25, 0.3) is 0 Å². The van der Waals surface area contributed by atoms with Crippen LogP contribution in [0.15, 0.2) is 24.3 Å². The number of amides is 1. The number of hydrogen-bond acceptors (Lipinski definition) is 2. The Bertz CT molecular complexity index is 588. The molecule has 1 amide bonds. The van der Waals surface area contributed by atoms with E-state index >= 15 is 0 Å². The Morgan fingerprint density at radius 1 is 0.767 bits per heavy atom. The maximum absolute atomic E-state index is 12.1. The summed E-state index contributed by atoms with van der Waals surface area (Å²) in [7, 11) is 0. The summed E-state index contributed by atoms with van der Waals surface area (Å²) in [6.45, 7) is 2.27. The van der Waals surface area contributed by atoms with Crippen molar-refractivity contribution < 1.29 is 9.59 Å². The molecule has 4 heteroatoms. The molecule has 0 saturated carbocycles. The summed E-state index contributed by atoms with van der Waals surface area (Å²) < 4.78 is 0. The summed E-state index contributed by atoms with van der Waals surface area (Å²) in [4.78, 5) is 23.7. The van der Waals surface area contributed by atoms with E-state index in [9.17, 15) is 9.59 Å². The number of carbonyl (C=O) groups excluding carboxylic acids is 2. The van der Waals surface area contributed by atoms with Crippen LogP contribution in [0, 0.1) is 0 Å². The van der Waals surface area contributed by atoms with Crippen LogP contribution in [-0.2, 0) is 4.79 Å². The second-order valence-corrected chi connectivity index (χ2v) is 8.65. The molecule has 1 aromatic rings. The van der Waals surface area contributed by atoms with Crippen molar-refractivity contribution in [3.05, 3.63) is 29.8 Å². The molecular weight excluding hydrogens is 394 g/mol. The van der Waals surface area contributed by atoms with Crippen LogP contribution in [0.2, 0.25) is 0 Å². The van der Waals surface area contributed by atoms with E-state index in [2.05, 4.69) is 12.2 Å². The molecule has 170 valence electrons. The van der Waals surface area contributed by atoms with Gasteiger partial charge in [-0.25, -0.2) is 0 Å². The van der Waals surface area contributed by atoms with Crippen molar-refractivity contribution in [2.75, 3.05) is 11.2 Å². The van der Waals surface area contributed by atoms with Crippen LogP contribution < -0.4 is 5.32 Å². The van der Waals surface area contributed by atoms with Gasteiger partial charge >= 0.3 is 0 Å². The summed E-state index contributed by atoms with van der Waals surface area (Å²) in [6, 6.07) is 6.97. The number of carbonyl (C=O) groups is 2. The number of hydrogen-bond donors (Lipinski definition) is 1. The normalized spacial score (nSPS) is 10.9. The first-order valence-corrected chi connectivity index (χ1v) is 12.7. The summed E-state index contributed by atoms with van der Waals surface area (Å²) in [5.41, 5.74) is 1.20. The zero-order valence-electron chi connectivity index (χ0n) is 19.0. The van der Waals surface area contributed by atoms with Crippen molar-refractivity contribution in [3.63, 3.8) is 0 Å². The molecule has 3 nitrogen and oxygen atoms in total. The molecule has 1 aromatic carbocycles. The molecule has 0 spiro atoms. The van der Waals surface area contributed by atoms with Gasteiger partial charge < -0.3 is 5.32 Å². The molecule has 1 rings (SSSR count). The third-order valence-electron chi connectivity index (χ3n) is 5.60. The van der Waals surface area contributed by atoms with Gasteiger partial charge in [-0.05, 0) is 18.6 Å². The Labute approximate surface area is 189 Å². The van der Waals surface area contributed by atoms with Gasteiger partial charge in [0.05, 0.1) is 5.88 Å². The van der Waals surface area contributed by atoms with Crippen LogP contribution >= 0.6 is 11.6 Å². The largest absolute Gasteiger partial charge is 0.326 e. The van der Waals surface area contributed by atoms with Crippen LogP contribution in [0.5, 0.6) is 0 Å². The number of ketones is 1. The molecule has 0 unspecified atom stereocenters. The Morgan fingerprint density at radius 3 is 1.77 bits per heavy atom. The molecule has 0 radical (unpaired) electrons. The van der Waals surface area contributed by atoms with Gasteiger partial charge in [0.15, 0.2) is 5.78 Å². The number of halogens is 1. The van der Waals surface area contributed by atoms with Gasteiger partial charge in [-0.2, -0.15) is 0 Å². The highest BCUT2D eigenvalue weighted by Gasteiger charge is 2.07. The number of rotatable bonds is 19. The number of Topliss-reactive ketones (excluding diaryl/α,β-unsaturated/α-hetero) is 1. The molecule has 0 fully saturated rings. The van der Waals surface area contributed by atoms with Crippen molar-refractivity contribution in [2.45, 2.75) is 110 Å². The first-order chi connectivity index (χ1) is 14.7. The lowest BCUT2D eigenvalue weighted by molar-refractivity contribution is -0.116. The average Bonchev–Trinajstić information content (AvgIpc) is 2.76. The molecule has 0 aromatic heterocycles. The minimum absolute atomic E-state index is 0.0140. The first kappa shape index (κ1) is 26.7. The molecule has 1 N–H and O–H groups in total. The van der Waals surface area contributed by atoms with Gasteiger partial charge in [-0.3, -0.25) is 9.59 Å². The molecule has 0 saturated heterocycles.